The summed E-state index contributed by atoms with van der Waals surface area (Å²) in [4.78, 5) is 13.9. The predicted octanol–water partition coefficient (Wildman–Crippen LogP) is 3.18. The quantitative estimate of drug-likeness (QED) is 0.805. The third-order valence-electron chi connectivity index (χ3n) is 4.41. The van der Waals surface area contributed by atoms with E-state index in [9.17, 15) is 13.6 Å². The fourth-order valence-corrected chi connectivity index (χ4v) is 2.93. The van der Waals surface area contributed by atoms with Gasteiger partial charge in [-0.25, -0.2) is 8.78 Å². The number of benzene rings is 2. The average molecular weight is 377 g/mol. The van der Waals surface area contributed by atoms with E-state index in [1.54, 1.807) is 41.3 Å². The monoisotopic (exact) mass is 377 g/mol. The van der Waals surface area contributed by atoms with Crippen molar-refractivity contribution in [3.8, 4) is 11.5 Å². The van der Waals surface area contributed by atoms with Gasteiger partial charge in [-0.2, -0.15) is 0 Å². The van der Waals surface area contributed by atoms with Gasteiger partial charge in [-0.1, -0.05) is 24.3 Å². The predicted molar refractivity (Wildman–Crippen MR) is 94.9 cm³/mol. The van der Waals surface area contributed by atoms with Gasteiger partial charge in [-0.15, -0.1) is 0 Å². The first-order chi connectivity index (χ1) is 13.1. The molecule has 7 heteroatoms. The Hall–Kier alpha value is -2.67. The Kier molecular flexibility index (Phi) is 6.24. The van der Waals surface area contributed by atoms with Gasteiger partial charge in [-0.3, -0.25) is 4.79 Å². The molecule has 144 valence electrons. The van der Waals surface area contributed by atoms with Crippen LogP contribution in [-0.2, 0) is 11.4 Å². The maximum atomic E-state index is 13.0. The number of rotatable bonds is 7. The number of amides is 1. The number of aliphatic hydroxyl groups is 1. The second-order valence-corrected chi connectivity index (χ2v) is 6.30. The number of hydrogen-bond donors (Lipinski definition) is 1. The SMILES string of the molecule is O=C(COc1ccc(CO)cc1)N1CCC(Oc2ccccc2C(F)F)C1. The van der Waals surface area contributed by atoms with Crippen molar-refractivity contribution in [1.82, 2.24) is 4.90 Å². The first-order valence-electron chi connectivity index (χ1n) is 8.71. The molecular formula is C20H21F2NO4. The molecule has 0 bridgehead atoms. The average Bonchev–Trinajstić information content (AvgIpc) is 3.15. The van der Waals surface area contributed by atoms with Gasteiger partial charge >= 0.3 is 0 Å². The van der Waals surface area contributed by atoms with E-state index in [-0.39, 0.29) is 36.5 Å². The number of hydrogen-bond acceptors (Lipinski definition) is 4. The summed E-state index contributed by atoms with van der Waals surface area (Å²) in [5.41, 5.74) is 0.620. The number of halogens is 2. The molecule has 0 aromatic heterocycles. The van der Waals surface area contributed by atoms with E-state index in [0.717, 1.165) is 5.56 Å². The van der Waals surface area contributed by atoms with Crippen LogP contribution in [0.15, 0.2) is 48.5 Å². The molecule has 3 rings (SSSR count). The van der Waals surface area contributed by atoms with Crippen LogP contribution in [0.25, 0.3) is 0 Å². The molecule has 0 spiro atoms. The lowest BCUT2D eigenvalue weighted by atomic mass is 10.2. The minimum Gasteiger partial charge on any atom is -0.488 e. The van der Waals surface area contributed by atoms with Crippen molar-refractivity contribution in [3.05, 3.63) is 59.7 Å². The van der Waals surface area contributed by atoms with Gasteiger partial charge in [0.05, 0.1) is 18.7 Å². The highest BCUT2D eigenvalue weighted by Gasteiger charge is 2.29. The van der Waals surface area contributed by atoms with E-state index in [1.807, 2.05) is 0 Å². The minimum absolute atomic E-state index is 0.0525. The zero-order valence-electron chi connectivity index (χ0n) is 14.7. The van der Waals surface area contributed by atoms with Gasteiger partial charge in [-0.05, 0) is 29.8 Å². The standard InChI is InChI=1S/C20H21F2NO4/c21-20(22)17-3-1-2-4-18(17)27-16-9-10-23(11-16)19(25)13-26-15-7-5-14(12-24)6-8-15/h1-8,16,20,24H,9-13H2. The highest BCUT2D eigenvalue weighted by molar-refractivity contribution is 5.78. The normalized spacial score (nSPS) is 16.6. The molecule has 1 atom stereocenters. The van der Waals surface area contributed by atoms with Crippen LogP contribution in [0.4, 0.5) is 8.78 Å². The van der Waals surface area contributed by atoms with Gasteiger partial charge in [0.1, 0.15) is 17.6 Å². The van der Waals surface area contributed by atoms with E-state index in [0.29, 0.717) is 25.3 Å². The molecule has 0 radical (unpaired) electrons. The number of ether oxygens (including phenoxy) is 2. The van der Waals surface area contributed by atoms with Crippen LogP contribution in [0.2, 0.25) is 0 Å². The fourth-order valence-electron chi connectivity index (χ4n) is 2.93. The van der Waals surface area contributed by atoms with Crippen LogP contribution >= 0.6 is 0 Å². The molecule has 1 aliphatic rings. The molecule has 1 heterocycles. The van der Waals surface area contributed by atoms with Crippen LogP contribution in [0.3, 0.4) is 0 Å². The summed E-state index contributed by atoms with van der Waals surface area (Å²) in [5, 5.41) is 9.01. The molecule has 1 unspecified atom stereocenters. The summed E-state index contributed by atoms with van der Waals surface area (Å²) in [6, 6.07) is 12.9. The minimum atomic E-state index is -2.61. The number of aliphatic hydroxyl groups excluding tert-OH is 1. The lowest BCUT2D eigenvalue weighted by Crippen LogP contribution is -2.34. The second kappa shape index (κ2) is 8.81. The molecule has 27 heavy (non-hydrogen) atoms. The molecule has 0 saturated carbocycles. The Bertz CT molecular complexity index is 767. The fraction of sp³-hybridized carbons (Fsp3) is 0.350. The molecule has 0 aliphatic carbocycles. The molecule has 1 N–H and O–H groups in total. The summed E-state index contributed by atoms with van der Waals surface area (Å²) in [7, 11) is 0. The van der Waals surface area contributed by atoms with Gasteiger partial charge < -0.3 is 19.5 Å². The van der Waals surface area contributed by atoms with Crippen LogP contribution in [0.1, 0.15) is 24.0 Å². The lowest BCUT2D eigenvalue weighted by molar-refractivity contribution is -0.132. The van der Waals surface area contributed by atoms with E-state index in [2.05, 4.69) is 0 Å². The molecular weight excluding hydrogens is 356 g/mol. The van der Waals surface area contributed by atoms with Crippen LogP contribution in [-0.4, -0.2) is 41.7 Å². The first-order valence-corrected chi connectivity index (χ1v) is 8.71. The molecule has 1 aliphatic heterocycles. The Morgan fingerprint density at radius 2 is 1.93 bits per heavy atom. The number of para-hydroxylation sites is 1. The third kappa shape index (κ3) is 4.95. The van der Waals surface area contributed by atoms with Crippen LogP contribution in [0, 0.1) is 0 Å². The van der Waals surface area contributed by atoms with Gasteiger partial charge in [0.15, 0.2) is 6.61 Å². The second-order valence-electron chi connectivity index (χ2n) is 6.30. The molecule has 1 fully saturated rings. The Morgan fingerprint density at radius 1 is 1.19 bits per heavy atom. The van der Waals surface area contributed by atoms with E-state index < -0.39 is 6.43 Å². The largest absolute Gasteiger partial charge is 0.488 e. The first kappa shape index (κ1) is 19.1. The van der Waals surface area contributed by atoms with Gasteiger partial charge in [0, 0.05) is 13.0 Å². The summed E-state index contributed by atoms with van der Waals surface area (Å²) < 4.78 is 37.3. The highest BCUT2D eigenvalue weighted by Crippen LogP contribution is 2.30. The highest BCUT2D eigenvalue weighted by atomic mass is 19.3. The summed E-state index contributed by atoms with van der Waals surface area (Å²) in [6.45, 7) is 0.665. The van der Waals surface area contributed by atoms with E-state index >= 15 is 0 Å². The zero-order chi connectivity index (χ0) is 19.2. The summed E-state index contributed by atoms with van der Waals surface area (Å²) >= 11 is 0. The van der Waals surface area contributed by atoms with Crippen molar-refractivity contribution >= 4 is 5.91 Å². The number of carbonyl (C=O) groups excluding carboxylic acids is 1. The molecule has 5 nitrogen and oxygen atoms in total. The number of likely N-dealkylation sites (tertiary alicyclic amines) is 1. The van der Waals surface area contributed by atoms with Gasteiger partial charge in [0.2, 0.25) is 0 Å². The molecule has 2 aromatic carbocycles. The molecule has 2 aromatic rings. The van der Waals surface area contributed by atoms with Crippen molar-refractivity contribution in [1.29, 1.82) is 0 Å². The summed E-state index contributed by atoms with van der Waals surface area (Å²) in [5.74, 6) is 0.514. The smallest absolute Gasteiger partial charge is 0.267 e. The topological polar surface area (TPSA) is 59.0 Å². The maximum Gasteiger partial charge on any atom is 0.267 e. The van der Waals surface area contributed by atoms with Crippen molar-refractivity contribution in [2.75, 3.05) is 19.7 Å². The van der Waals surface area contributed by atoms with Crippen molar-refractivity contribution in [2.24, 2.45) is 0 Å². The van der Waals surface area contributed by atoms with E-state index in [4.69, 9.17) is 14.6 Å². The van der Waals surface area contributed by atoms with Crippen molar-refractivity contribution < 1.29 is 28.2 Å². The lowest BCUT2D eigenvalue weighted by Gasteiger charge is -2.18. The van der Waals surface area contributed by atoms with Crippen LogP contribution in [0.5, 0.6) is 11.5 Å². The Labute approximate surface area is 156 Å². The zero-order valence-corrected chi connectivity index (χ0v) is 14.7. The van der Waals surface area contributed by atoms with E-state index in [1.165, 1.54) is 12.1 Å². The van der Waals surface area contributed by atoms with Gasteiger partial charge in [0.25, 0.3) is 12.3 Å². The molecule has 1 amide bonds. The number of alkyl halides is 2. The van der Waals surface area contributed by atoms with Crippen LogP contribution < -0.4 is 9.47 Å². The van der Waals surface area contributed by atoms with Crippen molar-refractivity contribution in [3.63, 3.8) is 0 Å². The number of carbonyl (C=O) groups is 1. The third-order valence-corrected chi connectivity index (χ3v) is 4.41. The Morgan fingerprint density at radius 3 is 2.63 bits per heavy atom. The summed E-state index contributed by atoms with van der Waals surface area (Å²) in [6.07, 6.45) is -2.35. The molecule has 1 saturated heterocycles. The van der Waals surface area contributed by atoms with Crippen molar-refractivity contribution in [2.45, 2.75) is 25.6 Å². The number of nitrogens with zero attached hydrogens (tertiary/aromatic N) is 1. The maximum absolute atomic E-state index is 13.0. The Balaban J connectivity index is 1.50.